The zero-order valence-electron chi connectivity index (χ0n) is 9.28. The lowest BCUT2D eigenvalue weighted by molar-refractivity contribution is -0.619. The van der Waals surface area contributed by atoms with E-state index in [0.29, 0.717) is 5.69 Å². The quantitative estimate of drug-likeness (QED) is 0.461. The summed E-state index contributed by atoms with van der Waals surface area (Å²) >= 11 is 0. The largest absolute Gasteiger partial charge is 0.398 e. The third-order valence-electron chi connectivity index (χ3n) is 2.25. The number of aromatic nitrogens is 1. The molecule has 2 aromatic rings. The Morgan fingerprint density at radius 3 is 2.59 bits per heavy atom. The topological polar surface area (TPSA) is 61.1 Å². The van der Waals surface area contributed by atoms with Gasteiger partial charge in [0.1, 0.15) is 0 Å². The number of benzene rings is 1. The zero-order valence-corrected chi connectivity index (χ0v) is 9.28. The van der Waals surface area contributed by atoms with E-state index in [2.05, 4.69) is 5.43 Å². The molecule has 0 radical (unpaired) electrons. The number of nitrogens with zero attached hydrogens (tertiary/aromatic N) is 3. The van der Waals surface area contributed by atoms with Crippen LogP contribution in [0.3, 0.4) is 0 Å². The van der Waals surface area contributed by atoms with E-state index < -0.39 is 4.92 Å². The molecular weight excluding hydrogens is 218 g/mol. The van der Waals surface area contributed by atoms with Crippen LogP contribution < -0.4 is 4.68 Å². The summed E-state index contributed by atoms with van der Waals surface area (Å²) in [4.78, 5) is 10.4. The molecule has 1 aromatic carbocycles. The lowest BCUT2D eigenvalue weighted by Gasteiger charge is -2.14. The minimum atomic E-state index is -0.429. The van der Waals surface area contributed by atoms with Crippen molar-refractivity contribution in [2.75, 3.05) is 0 Å². The molecule has 2 rings (SSSR count). The van der Waals surface area contributed by atoms with E-state index in [-0.39, 0.29) is 5.69 Å². The number of nitro groups is 1. The summed E-state index contributed by atoms with van der Waals surface area (Å²) in [6, 6.07) is 10.3. The number of aryl methyl sites for hydroxylation is 1. The summed E-state index contributed by atoms with van der Waals surface area (Å²) in [7, 11) is 0. The molecule has 0 bridgehead atoms. The Bertz CT molecular complexity index is 541. The lowest BCUT2D eigenvalue weighted by Crippen LogP contribution is -2.26. The number of rotatable bonds is 3. The van der Waals surface area contributed by atoms with Crippen LogP contribution in [-0.4, -0.2) is 4.92 Å². The number of hydrogen-bond acceptors (Lipinski definition) is 2. The van der Waals surface area contributed by atoms with Gasteiger partial charge in [-0.1, -0.05) is 23.8 Å². The van der Waals surface area contributed by atoms with Gasteiger partial charge in [-0.15, -0.1) is 0 Å². The molecule has 0 spiro atoms. The van der Waals surface area contributed by atoms with Crippen molar-refractivity contribution in [1.82, 2.24) is 0 Å². The summed E-state index contributed by atoms with van der Waals surface area (Å²) in [5.74, 6) is 0. The molecule has 0 atom stereocenters. The summed E-state index contributed by atoms with van der Waals surface area (Å²) in [6.45, 7) is 1.87. The van der Waals surface area contributed by atoms with Crippen molar-refractivity contribution in [3.05, 3.63) is 69.9 Å². The van der Waals surface area contributed by atoms with Crippen molar-refractivity contribution < 1.29 is 9.60 Å². The SMILES string of the molecule is Cc1ccc([N+](=O)[O-])c([N-][n+]2ccccc2)c1. The van der Waals surface area contributed by atoms with Gasteiger partial charge in [-0.3, -0.25) is 10.1 Å². The number of nitro benzene ring substituents is 1. The Hall–Kier alpha value is -2.43. The van der Waals surface area contributed by atoms with Gasteiger partial charge in [-0.05, 0) is 12.6 Å². The minimum absolute atomic E-state index is 0.00644. The van der Waals surface area contributed by atoms with E-state index in [1.54, 1.807) is 29.2 Å². The first kappa shape index (κ1) is 11.1. The predicted molar refractivity (Wildman–Crippen MR) is 62.9 cm³/mol. The van der Waals surface area contributed by atoms with Gasteiger partial charge in [0.2, 0.25) is 0 Å². The highest BCUT2D eigenvalue weighted by Crippen LogP contribution is 2.29. The Labute approximate surface area is 98.5 Å². The Morgan fingerprint density at radius 1 is 1.24 bits per heavy atom. The summed E-state index contributed by atoms with van der Waals surface area (Å²) in [5.41, 5.74) is 5.49. The van der Waals surface area contributed by atoms with E-state index in [0.717, 1.165) is 5.56 Å². The Balaban J connectivity index is 2.37. The van der Waals surface area contributed by atoms with Gasteiger partial charge >= 0.3 is 0 Å². The fourth-order valence-corrected chi connectivity index (χ4v) is 1.45. The standard InChI is InChI=1S/C12H11N3O2/c1-10-5-6-12(15(16)17)11(9-10)13-14-7-3-2-4-8-14/h2-9H,1H3. The predicted octanol–water partition coefficient (Wildman–Crippen LogP) is 2.66. The number of hydrogen-bond donors (Lipinski definition) is 0. The van der Waals surface area contributed by atoms with Gasteiger partial charge in [0, 0.05) is 18.2 Å². The third-order valence-corrected chi connectivity index (χ3v) is 2.25. The second-order valence-electron chi connectivity index (χ2n) is 3.60. The van der Waals surface area contributed by atoms with Gasteiger partial charge in [0.15, 0.2) is 12.4 Å². The van der Waals surface area contributed by atoms with Crippen LogP contribution >= 0.6 is 0 Å². The van der Waals surface area contributed by atoms with Crippen LogP contribution in [0.25, 0.3) is 5.43 Å². The van der Waals surface area contributed by atoms with Crippen molar-refractivity contribution in [1.29, 1.82) is 0 Å². The van der Waals surface area contributed by atoms with E-state index in [4.69, 9.17) is 0 Å². The van der Waals surface area contributed by atoms with Crippen LogP contribution in [0.4, 0.5) is 11.4 Å². The van der Waals surface area contributed by atoms with E-state index in [1.165, 1.54) is 6.07 Å². The zero-order chi connectivity index (χ0) is 12.3. The second kappa shape index (κ2) is 4.61. The molecule has 0 aliphatic carbocycles. The van der Waals surface area contributed by atoms with Gasteiger partial charge in [0.25, 0.3) is 5.69 Å². The van der Waals surface area contributed by atoms with Gasteiger partial charge in [-0.25, -0.2) is 4.68 Å². The maximum Gasteiger partial charge on any atom is 0.259 e. The molecule has 86 valence electrons. The molecule has 17 heavy (non-hydrogen) atoms. The molecule has 1 aromatic heterocycles. The van der Waals surface area contributed by atoms with Crippen molar-refractivity contribution in [2.45, 2.75) is 6.92 Å². The molecule has 0 aliphatic rings. The second-order valence-corrected chi connectivity index (χ2v) is 3.60. The lowest BCUT2D eigenvalue weighted by atomic mass is 10.2. The van der Waals surface area contributed by atoms with Crippen LogP contribution in [0.5, 0.6) is 0 Å². The van der Waals surface area contributed by atoms with E-state index >= 15 is 0 Å². The monoisotopic (exact) mass is 229 g/mol. The van der Waals surface area contributed by atoms with Crippen LogP contribution in [-0.2, 0) is 0 Å². The molecule has 5 nitrogen and oxygen atoms in total. The minimum Gasteiger partial charge on any atom is -0.398 e. The first-order valence-electron chi connectivity index (χ1n) is 5.10. The van der Waals surface area contributed by atoms with Gasteiger partial charge in [0.05, 0.1) is 4.92 Å². The number of pyridine rings is 1. The maximum atomic E-state index is 10.9. The molecular formula is C12H11N3O2. The molecule has 5 heteroatoms. The molecule has 0 N–H and O–H groups in total. The highest BCUT2D eigenvalue weighted by atomic mass is 16.6. The van der Waals surface area contributed by atoms with Gasteiger partial charge < -0.3 is 5.43 Å². The van der Waals surface area contributed by atoms with Crippen molar-refractivity contribution in [3.63, 3.8) is 0 Å². The summed E-state index contributed by atoms with van der Waals surface area (Å²) in [6.07, 6.45) is 3.46. The maximum absolute atomic E-state index is 10.9. The average molecular weight is 229 g/mol. The fraction of sp³-hybridized carbons (Fsp3) is 0.0833. The molecule has 0 fully saturated rings. The first-order valence-corrected chi connectivity index (χ1v) is 5.10. The molecule has 0 unspecified atom stereocenters. The fourth-order valence-electron chi connectivity index (χ4n) is 1.45. The van der Waals surface area contributed by atoms with E-state index in [9.17, 15) is 10.1 Å². The molecule has 0 saturated carbocycles. The molecule has 1 heterocycles. The first-order chi connectivity index (χ1) is 8.16. The Kier molecular flexibility index (Phi) is 3.00. The molecule has 0 saturated heterocycles. The van der Waals surface area contributed by atoms with Crippen LogP contribution in [0, 0.1) is 17.0 Å². The highest BCUT2D eigenvalue weighted by Gasteiger charge is 2.08. The van der Waals surface area contributed by atoms with E-state index in [1.807, 2.05) is 25.1 Å². The van der Waals surface area contributed by atoms with Crippen molar-refractivity contribution >= 4 is 11.4 Å². The van der Waals surface area contributed by atoms with Crippen LogP contribution in [0.2, 0.25) is 0 Å². The smallest absolute Gasteiger partial charge is 0.259 e. The summed E-state index contributed by atoms with van der Waals surface area (Å²) in [5, 5.41) is 10.9. The normalized spacial score (nSPS) is 9.94. The molecule has 0 aliphatic heterocycles. The Morgan fingerprint density at radius 2 is 1.94 bits per heavy atom. The van der Waals surface area contributed by atoms with Crippen molar-refractivity contribution in [3.8, 4) is 0 Å². The molecule has 0 amide bonds. The highest BCUT2D eigenvalue weighted by molar-refractivity contribution is 5.63. The summed E-state index contributed by atoms with van der Waals surface area (Å²) < 4.78 is 1.54. The average Bonchev–Trinajstić information content (AvgIpc) is 2.30. The van der Waals surface area contributed by atoms with Crippen molar-refractivity contribution in [2.24, 2.45) is 0 Å². The van der Waals surface area contributed by atoms with Gasteiger partial charge in [-0.2, -0.15) is 0 Å². The third kappa shape index (κ3) is 2.57. The van der Waals surface area contributed by atoms with Crippen LogP contribution in [0.15, 0.2) is 48.8 Å². The van der Waals surface area contributed by atoms with Crippen LogP contribution in [0.1, 0.15) is 5.56 Å².